The predicted octanol–water partition coefficient (Wildman–Crippen LogP) is 0.781. The molecule has 0 fully saturated rings. The quantitative estimate of drug-likeness (QED) is 0.653. The van der Waals surface area contributed by atoms with Crippen LogP contribution in [-0.4, -0.2) is 30.3 Å². The lowest BCUT2D eigenvalue weighted by Crippen LogP contribution is -2.43. The highest BCUT2D eigenvalue weighted by atomic mass is 16.5. The molecule has 4 N–H and O–H groups in total. The minimum absolute atomic E-state index is 0.0864. The van der Waals surface area contributed by atoms with Gasteiger partial charge in [-0.05, 0) is 18.1 Å². The average Bonchev–Trinajstić information content (AvgIpc) is 2.34. The molecule has 1 aromatic carbocycles. The summed E-state index contributed by atoms with van der Waals surface area (Å²) < 4.78 is 5.31. The number of anilines is 1. The monoisotopic (exact) mass is 252 g/mol. The van der Waals surface area contributed by atoms with Gasteiger partial charge in [-0.2, -0.15) is 0 Å². The second-order valence-corrected chi connectivity index (χ2v) is 4.43. The van der Waals surface area contributed by atoms with Crippen molar-refractivity contribution in [3.8, 4) is 5.75 Å². The van der Waals surface area contributed by atoms with E-state index in [2.05, 4.69) is 5.32 Å². The van der Waals surface area contributed by atoms with Crippen molar-refractivity contribution < 1.29 is 14.6 Å². The lowest BCUT2D eigenvalue weighted by Gasteiger charge is -2.20. The number of ether oxygens (including phenoxy) is 1. The number of hydrogen-bond donors (Lipinski definition) is 3. The topological polar surface area (TPSA) is 84.6 Å². The molecule has 5 nitrogen and oxygen atoms in total. The van der Waals surface area contributed by atoms with Crippen LogP contribution in [0.15, 0.2) is 24.3 Å². The van der Waals surface area contributed by atoms with Crippen LogP contribution < -0.4 is 15.8 Å². The highest BCUT2D eigenvalue weighted by Crippen LogP contribution is 2.19. The smallest absolute Gasteiger partial charge is 0.258 e. The predicted molar refractivity (Wildman–Crippen MR) is 70.2 cm³/mol. The van der Waals surface area contributed by atoms with E-state index in [4.69, 9.17) is 15.6 Å². The second-order valence-electron chi connectivity index (χ2n) is 4.43. The molecule has 0 aromatic heterocycles. The number of para-hydroxylation sites is 2. The van der Waals surface area contributed by atoms with Crippen LogP contribution in [-0.2, 0) is 4.79 Å². The van der Waals surface area contributed by atoms with Gasteiger partial charge in [0, 0.05) is 0 Å². The number of aliphatic hydroxyl groups excluding tert-OH is 1. The molecule has 0 saturated heterocycles. The summed E-state index contributed by atoms with van der Waals surface area (Å²) in [6.07, 6.45) is 0. The van der Waals surface area contributed by atoms with Crippen LogP contribution >= 0.6 is 0 Å². The Morgan fingerprint density at radius 2 is 2.11 bits per heavy atom. The van der Waals surface area contributed by atoms with Crippen molar-refractivity contribution in [3.05, 3.63) is 24.3 Å². The van der Waals surface area contributed by atoms with Crippen molar-refractivity contribution in [1.29, 1.82) is 0 Å². The van der Waals surface area contributed by atoms with Gasteiger partial charge in [0.1, 0.15) is 5.75 Å². The Balaban J connectivity index is 2.44. The summed E-state index contributed by atoms with van der Waals surface area (Å²) in [6.45, 7) is 3.66. The van der Waals surface area contributed by atoms with E-state index in [9.17, 15) is 4.79 Å². The fourth-order valence-electron chi connectivity index (χ4n) is 1.43. The van der Waals surface area contributed by atoms with Crippen molar-refractivity contribution in [3.63, 3.8) is 0 Å². The van der Waals surface area contributed by atoms with Crippen LogP contribution in [0.25, 0.3) is 0 Å². The first-order valence-corrected chi connectivity index (χ1v) is 5.92. The largest absolute Gasteiger partial charge is 0.482 e. The standard InChI is InChI=1S/C13H20N2O3/c1-9(2)11(7-16)15-13(17)8-18-12-6-4-3-5-10(12)14/h3-6,9,11,16H,7-8,14H2,1-2H3,(H,15,17)/t11-/m1/s1. The first kappa shape index (κ1) is 14.3. The zero-order valence-corrected chi connectivity index (χ0v) is 10.7. The van der Waals surface area contributed by atoms with E-state index in [1.807, 2.05) is 13.8 Å². The third kappa shape index (κ3) is 4.25. The van der Waals surface area contributed by atoms with E-state index in [1.54, 1.807) is 24.3 Å². The fraction of sp³-hybridized carbons (Fsp3) is 0.462. The Hall–Kier alpha value is -1.75. The third-order valence-corrected chi connectivity index (χ3v) is 2.63. The molecule has 0 heterocycles. The zero-order chi connectivity index (χ0) is 13.5. The molecule has 1 aromatic rings. The van der Waals surface area contributed by atoms with Gasteiger partial charge in [0.15, 0.2) is 6.61 Å². The molecule has 1 amide bonds. The fourth-order valence-corrected chi connectivity index (χ4v) is 1.43. The average molecular weight is 252 g/mol. The number of benzene rings is 1. The number of rotatable bonds is 6. The van der Waals surface area contributed by atoms with Gasteiger partial charge in [-0.1, -0.05) is 26.0 Å². The Labute approximate surface area is 107 Å². The van der Waals surface area contributed by atoms with E-state index >= 15 is 0 Å². The molecule has 0 spiro atoms. The molecule has 0 radical (unpaired) electrons. The number of carbonyl (C=O) groups is 1. The zero-order valence-electron chi connectivity index (χ0n) is 10.7. The third-order valence-electron chi connectivity index (χ3n) is 2.63. The summed E-state index contributed by atoms with van der Waals surface area (Å²) in [5.74, 6) is 0.379. The first-order chi connectivity index (χ1) is 8.54. The van der Waals surface area contributed by atoms with Crippen LogP contribution in [0.2, 0.25) is 0 Å². The molecule has 0 aliphatic heterocycles. The van der Waals surface area contributed by atoms with Gasteiger partial charge >= 0.3 is 0 Å². The molecule has 0 unspecified atom stereocenters. The molecule has 100 valence electrons. The Kier molecular flexibility index (Phi) is 5.45. The molecule has 1 rings (SSSR count). The molecular formula is C13H20N2O3. The maximum absolute atomic E-state index is 11.6. The van der Waals surface area contributed by atoms with Crippen LogP contribution in [0.3, 0.4) is 0 Å². The highest BCUT2D eigenvalue weighted by molar-refractivity contribution is 5.78. The lowest BCUT2D eigenvalue weighted by atomic mass is 10.1. The molecular weight excluding hydrogens is 232 g/mol. The van der Waals surface area contributed by atoms with Gasteiger partial charge in [0.2, 0.25) is 0 Å². The van der Waals surface area contributed by atoms with Crippen LogP contribution in [0.1, 0.15) is 13.8 Å². The lowest BCUT2D eigenvalue weighted by molar-refractivity contribution is -0.124. The van der Waals surface area contributed by atoms with Gasteiger partial charge in [0.25, 0.3) is 5.91 Å². The van der Waals surface area contributed by atoms with Crippen molar-refractivity contribution in [2.75, 3.05) is 18.9 Å². The summed E-state index contributed by atoms with van der Waals surface area (Å²) in [4.78, 5) is 11.6. The van der Waals surface area contributed by atoms with Crippen molar-refractivity contribution in [2.45, 2.75) is 19.9 Å². The molecule has 1 atom stereocenters. The van der Waals surface area contributed by atoms with E-state index in [1.165, 1.54) is 0 Å². The highest BCUT2D eigenvalue weighted by Gasteiger charge is 2.15. The number of carbonyl (C=O) groups excluding carboxylic acids is 1. The summed E-state index contributed by atoms with van der Waals surface area (Å²) in [5.41, 5.74) is 6.18. The van der Waals surface area contributed by atoms with Crippen LogP contribution in [0, 0.1) is 5.92 Å². The molecule has 0 bridgehead atoms. The molecule has 18 heavy (non-hydrogen) atoms. The second kappa shape index (κ2) is 6.86. The maximum Gasteiger partial charge on any atom is 0.258 e. The van der Waals surface area contributed by atoms with E-state index in [0.29, 0.717) is 11.4 Å². The van der Waals surface area contributed by atoms with Crippen LogP contribution in [0.4, 0.5) is 5.69 Å². The number of aliphatic hydroxyl groups is 1. The SMILES string of the molecule is CC(C)[C@@H](CO)NC(=O)COc1ccccc1N. The van der Waals surface area contributed by atoms with Gasteiger partial charge < -0.3 is 20.9 Å². The minimum Gasteiger partial charge on any atom is -0.482 e. The first-order valence-electron chi connectivity index (χ1n) is 5.92. The minimum atomic E-state index is -0.272. The van der Waals surface area contributed by atoms with E-state index in [-0.39, 0.29) is 31.1 Å². The molecule has 0 aliphatic carbocycles. The Bertz CT molecular complexity index is 394. The summed E-state index contributed by atoms with van der Waals surface area (Å²) in [6, 6.07) is 6.73. The van der Waals surface area contributed by atoms with Crippen molar-refractivity contribution in [1.82, 2.24) is 5.32 Å². The normalized spacial score (nSPS) is 12.2. The van der Waals surface area contributed by atoms with Crippen molar-refractivity contribution >= 4 is 11.6 Å². The van der Waals surface area contributed by atoms with Crippen LogP contribution in [0.5, 0.6) is 5.75 Å². The van der Waals surface area contributed by atoms with Gasteiger partial charge in [0.05, 0.1) is 18.3 Å². The Morgan fingerprint density at radius 3 is 2.67 bits per heavy atom. The summed E-state index contributed by atoms with van der Waals surface area (Å²) in [5, 5.41) is 11.8. The van der Waals surface area contributed by atoms with Gasteiger partial charge in [-0.15, -0.1) is 0 Å². The number of nitrogens with two attached hydrogens (primary N) is 1. The van der Waals surface area contributed by atoms with Gasteiger partial charge in [-0.3, -0.25) is 4.79 Å². The van der Waals surface area contributed by atoms with Crippen molar-refractivity contribution in [2.24, 2.45) is 5.92 Å². The Morgan fingerprint density at radius 1 is 1.44 bits per heavy atom. The van der Waals surface area contributed by atoms with E-state index < -0.39 is 0 Å². The number of nitrogen functional groups attached to an aromatic ring is 1. The number of nitrogens with one attached hydrogen (secondary N) is 1. The summed E-state index contributed by atoms with van der Waals surface area (Å²) >= 11 is 0. The molecule has 0 aliphatic rings. The molecule has 5 heteroatoms. The van der Waals surface area contributed by atoms with E-state index in [0.717, 1.165) is 0 Å². The number of amides is 1. The number of hydrogen-bond acceptors (Lipinski definition) is 4. The molecule has 0 saturated carbocycles. The maximum atomic E-state index is 11.6. The summed E-state index contributed by atoms with van der Waals surface area (Å²) in [7, 11) is 0. The van der Waals surface area contributed by atoms with Gasteiger partial charge in [-0.25, -0.2) is 0 Å².